The molecular formula is C32H20F3NS. The Kier molecular flexibility index (Phi) is 5.85. The van der Waals surface area contributed by atoms with Crippen molar-refractivity contribution in [1.29, 1.82) is 0 Å². The van der Waals surface area contributed by atoms with E-state index in [0.29, 0.717) is 0 Å². The first-order valence-corrected chi connectivity index (χ1v) is 12.6. The molecule has 0 aliphatic heterocycles. The van der Waals surface area contributed by atoms with Crippen molar-refractivity contribution in [3.05, 3.63) is 127 Å². The van der Waals surface area contributed by atoms with Crippen molar-refractivity contribution in [3.8, 4) is 44.0 Å². The number of aromatic nitrogens is 1. The van der Waals surface area contributed by atoms with E-state index in [4.69, 9.17) is 4.98 Å². The molecule has 6 aromatic rings. The van der Waals surface area contributed by atoms with E-state index in [9.17, 15) is 13.2 Å². The quantitative estimate of drug-likeness (QED) is 0.231. The van der Waals surface area contributed by atoms with Gasteiger partial charge in [-0.2, -0.15) is 13.2 Å². The second-order valence-corrected chi connectivity index (χ2v) is 9.83. The van der Waals surface area contributed by atoms with Gasteiger partial charge in [0.05, 0.1) is 15.8 Å². The molecule has 1 nitrogen and oxygen atoms in total. The fourth-order valence-electron chi connectivity index (χ4n) is 4.39. The van der Waals surface area contributed by atoms with Gasteiger partial charge < -0.3 is 0 Å². The second kappa shape index (κ2) is 9.34. The smallest absolute Gasteiger partial charge is 0.236 e. The Balaban J connectivity index is 1.22. The summed E-state index contributed by atoms with van der Waals surface area (Å²) in [5.74, 6) is 0. The van der Waals surface area contributed by atoms with Crippen molar-refractivity contribution < 1.29 is 13.2 Å². The molecule has 5 aromatic carbocycles. The Morgan fingerprint density at radius 2 is 0.973 bits per heavy atom. The van der Waals surface area contributed by atoms with Crippen LogP contribution >= 0.6 is 11.3 Å². The van der Waals surface area contributed by atoms with E-state index in [-0.39, 0.29) is 0 Å². The third-order valence-electron chi connectivity index (χ3n) is 6.39. The Bertz CT molecular complexity index is 1650. The molecule has 0 atom stereocenters. The zero-order valence-corrected chi connectivity index (χ0v) is 20.4. The summed E-state index contributed by atoms with van der Waals surface area (Å²) in [7, 11) is 0. The molecular weight excluding hydrogens is 487 g/mol. The van der Waals surface area contributed by atoms with E-state index >= 15 is 0 Å². The Labute approximate surface area is 216 Å². The van der Waals surface area contributed by atoms with Crippen molar-refractivity contribution >= 4 is 21.6 Å². The highest BCUT2D eigenvalue weighted by atomic mass is 32.1. The molecule has 0 aliphatic carbocycles. The van der Waals surface area contributed by atoms with Crippen LogP contribution in [0.3, 0.4) is 0 Å². The molecule has 0 bridgehead atoms. The Morgan fingerprint density at radius 1 is 0.486 bits per heavy atom. The predicted molar refractivity (Wildman–Crippen MR) is 146 cm³/mol. The van der Waals surface area contributed by atoms with Crippen LogP contribution in [0.5, 0.6) is 0 Å². The van der Waals surface area contributed by atoms with E-state index in [1.165, 1.54) is 16.8 Å². The summed E-state index contributed by atoms with van der Waals surface area (Å²) in [6.45, 7) is 0. The van der Waals surface area contributed by atoms with Gasteiger partial charge in [-0.05, 0) is 63.7 Å². The second-order valence-electron chi connectivity index (χ2n) is 8.80. The number of benzene rings is 5. The van der Waals surface area contributed by atoms with E-state index in [1.54, 1.807) is 11.3 Å². The Morgan fingerprint density at radius 3 is 1.51 bits per heavy atom. The van der Waals surface area contributed by atoms with E-state index in [2.05, 4.69) is 54.6 Å². The minimum atomic E-state index is -4.33. The zero-order chi connectivity index (χ0) is 25.4. The number of para-hydroxylation sites is 1. The zero-order valence-electron chi connectivity index (χ0n) is 19.5. The maximum Gasteiger partial charge on any atom is 0.416 e. The highest BCUT2D eigenvalue weighted by Gasteiger charge is 2.29. The molecule has 0 N–H and O–H groups in total. The van der Waals surface area contributed by atoms with Crippen molar-refractivity contribution in [1.82, 2.24) is 4.98 Å². The summed E-state index contributed by atoms with van der Waals surface area (Å²) >= 11 is 1.69. The fourth-order valence-corrected chi connectivity index (χ4v) is 5.35. The van der Waals surface area contributed by atoms with Gasteiger partial charge in [0.15, 0.2) is 0 Å². The number of hydrogen-bond acceptors (Lipinski definition) is 2. The summed E-state index contributed by atoms with van der Waals surface area (Å²) in [6.07, 6.45) is -4.33. The van der Waals surface area contributed by atoms with Crippen LogP contribution in [-0.4, -0.2) is 4.98 Å². The Hall–Kier alpha value is -4.22. The molecule has 0 saturated carbocycles. The highest BCUT2D eigenvalue weighted by Crippen LogP contribution is 2.34. The molecule has 0 radical (unpaired) electrons. The van der Waals surface area contributed by atoms with Crippen LogP contribution in [0.4, 0.5) is 13.2 Å². The summed E-state index contributed by atoms with van der Waals surface area (Å²) in [4.78, 5) is 4.78. The highest BCUT2D eigenvalue weighted by molar-refractivity contribution is 7.21. The van der Waals surface area contributed by atoms with Gasteiger partial charge in [-0.25, -0.2) is 4.98 Å². The van der Waals surface area contributed by atoms with Gasteiger partial charge in [0.2, 0.25) is 0 Å². The normalized spacial score (nSPS) is 11.6. The number of rotatable bonds is 4. The van der Waals surface area contributed by atoms with Crippen molar-refractivity contribution in [2.75, 3.05) is 0 Å². The van der Waals surface area contributed by atoms with Crippen LogP contribution < -0.4 is 0 Å². The van der Waals surface area contributed by atoms with Gasteiger partial charge in [0.1, 0.15) is 5.01 Å². The summed E-state index contributed by atoms with van der Waals surface area (Å²) < 4.78 is 39.7. The minimum Gasteiger partial charge on any atom is -0.236 e. The van der Waals surface area contributed by atoms with E-state index < -0.39 is 11.7 Å². The van der Waals surface area contributed by atoms with Crippen LogP contribution in [-0.2, 0) is 6.18 Å². The van der Waals surface area contributed by atoms with Gasteiger partial charge in [-0.1, -0.05) is 91.0 Å². The summed E-state index contributed by atoms with van der Waals surface area (Å²) in [5, 5.41) is 1.01. The molecule has 1 aromatic heterocycles. The largest absolute Gasteiger partial charge is 0.416 e. The molecule has 180 valence electrons. The molecule has 0 fully saturated rings. The van der Waals surface area contributed by atoms with E-state index in [0.717, 1.165) is 61.6 Å². The van der Waals surface area contributed by atoms with Crippen LogP contribution in [0.2, 0.25) is 0 Å². The topological polar surface area (TPSA) is 12.9 Å². The van der Waals surface area contributed by atoms with Gasteiger partial charge >= 0.3 is 6.18 Å². The molecule has 5 heteroatoms. The number of halogens is 3. The van der Waals surface area contributed by atoms with Crippen LogP contribution in [0.15, 0.2) is 121 Å². The first kappa shape index (κ1) is 23.2. The van der Waals surface area contributed by atoms with Gasteiger partial charge in [0.25, 0.3) is 0 Å². The van der Waals surface area contributed by atoms with E-state index in [1.807, 2.05) is 42.5 Å². The van der Waals surface area contributed by atoms with Crippen LogP contribution in [0.25, 0.3) is 54.2 Å². The average molecular weight is 508 g/mol. The monoisotopic (exact) mass is 507 g/mol. The molecule has 1 heterocycles. The first-order chi connectivity index (χ1) is 17.9. The lowest BCUT2D eigenvalue weighted by Gasteiger charge is -2.09. The standard InChI is InChI=1S/C32H20F3NS/c33-32(34,35)28-18-16-24(17-19-28)23-10-8-21(9-11-23)22-12-14-25(15-13-22)26-4-3-5-27(20-26)31-36-29-6-1-2-7-30(29)37-31/h1-20H. The van der Waals surface area contributed by atoms with Crippen molar-refractivity contribution in [2.24, 2.45) is 0 Å². The SMILES string of the molecule is FC(F)(F)c1ccc(-c2ccc(-c3ccc(-c4cccc(-c5nc6ccccc6s5)c4)cc3)cc2)cc1. The van der Waals surface area contributed by atoms with Gasteiger partial charge in [-0.15, -0.1) is 11.3 Å². The molecule has 0 unspecified atom stereocenters. The van der Waals surface area contributed by atoms with Gasteiger partial charge in [0, 0.05) is 5.56 Å². The molecule has 6 rings (SSSR count). The first-order valence-electron chi connectivity index (χ1n) is 11.8. The lowest BCUT2D eigenvalue weighted by atomic mass is 9.97. The lowest BCUT2D eigenvalue weighted by molar-refractivity contribution is -0.137. The predicted octanol–water partition coefficient (Wildman–Crippen LogP) is 9.98. The fraction of sp³-hybridized carbons (Fsp3) is 0.0312. The lowest BCUT2D eigenvalue weighted by Crippen LogP contribution is -2.03. The van der Waals surface area contributed by atoms with Crippen molar-refractivity contribution in [3.63, 3.8) is 0 Å². The third kappa shape index (κ3) is 4.78. The number of alkyl halides is 3. The number of hydrogen-bond donors (Lipinski definition) is 0. The number of fused-ring (bicyclic) bond motifs is 1. The maximum absolute atomic E-state index is 12.8. The average Bonchev–Trinajstić information content (AvgIpc) is 3.38. The van der Waals surface area contributed by atoms with Crippen molar-refractivity contribution in [2.45, 2.75) is 6.18 Å². The maximum atomic E-state index is 12.8. The minimum absolute atomic E-state index is 0.640. The molecule has 0 amide bonds. The van der Waals surface area contributed by atoms with Crippen LogP contribution in [0, 0.1) is 0 Å². The molecule has 0 saturated heterocycles. The summed E-state index contributed by atoms with van der Waals surface area (Å²) in [6, 6.07) is 38.1. The molecule has 0 spiro atoms. The molecule has 0 aliphatic rings. The molecule has 37 heavy (non-hydrogen) atoms. The summed E-state index contributed by atoms with van der Waals surface area (Å²) in [5.41, 5.74) is 7.47. The third-order valence-corrected chi connectivity index (χ3v) is 7.47. The van der Waals surface area contributed by atoms with Gasteiger partial charge in [-0.3, -0.25) is 0 Å². The van der Waals surface area contributed by atoms with Crippen LogP contribution in [0.1, 0.15) is 5.56 Å². The number of thiazole rings is 1. The number of nitrogens with zero attached hydrogens (tertiary/aromatic N) is 1.